The number of hydrogen-bond donors (Lipinski definition) is 1. The Hall–Kier alpha value is -2.76. The molecule has 2 aromatic heterocycles. The standard InChI is InChI=1S/C15H14N3O3/c1-19-11-7-9(8-12(20-2)14(11)21-3)13-10-5-4-6-16-15(10)18-17-13/h4,6-8H,1-3H3,(H,16,17,18). The number of aromatic nitrogens is 3. The maximum atomic E-state index is 5.36. The average Bonchev–Trinajstić information content (AvgIpc) is 2.97. The van der Waals surface area contributed by atoms with Crippen molar-refractivity contribution in [3.05, 3.63) is 30.5 Å². The third-order valence-corrected chi connectivity index (χ3v) is 3.19. The van der Waals surface area contributed by atoms with E-state index in [1.807, 2.05) is 12.1 Å². The lowest BCUT2D eigenvalue weighted by molar-refractivity contribution is 0.324. The van der Waals surface area contributed by atoms with E-state index in [-0.39, 0.29) is 0 Å². The summed E-state index contributed by atoms with van der Waals surface area (Å²) in [7, 11) is 4.73. The monoisotopic (exact) mass is 284 g/mol. The Balaban J connectivity index is 2.23. The second-order valence-electron chi connectivity index (χ2n) is 4.30. The van der Waals surface area contributed by atoms with Crippen molar-refractivity contribution in [3.63, 3.8) is 0 Å². The van der Waals surface area contributed by atoms with Gasteiger partial charge in [-0.2, -0.15) is 5.10 Å². The van der Waals surface area contributed by atoms with Gasteiger partial charge in [0.2, 0.25) is 5.75 Å². The molecule has 0 aliphatic carbocycles. The summed E-state index contributed by atoms with van der Waals surface area (Å²) in [4.78, 5) is 4.21. The average molecular weight is 284 g/mol. The molecule has 0 aliphatic heterocycles. The third-order valence-electron chi connectivity index (χ3n) is 3.19. The van der Waals surface area contributed by atoms with Crippen LogP contribution in [0.1, 0.15) is 0 Å². The van der Waals surface area contributed by atoms with Gasteiger partial charge in [-0.15, -0.1) is 0 Å². The van der Waals surface area contributed by atoms with E-state index in [1.165, 1.54) is 0 Å². The summed E-state index contributed by atoms with van der Waals surface area (Å²) in [5, 5.41) is 8.00. The van der Waals surface area contributed by atoms with Crippen LogP contribution in [0, 0.1) is 6.07 Å². The first-order valence-corrected chi connectivity index (χ1v) is 6.29. The van der Waals surface area contributed by atoms with Crippen molar-refractivity contribution in [1.29, 1.82) is 0 Å². The van der Waals surface area contributed by atoms with Gasteiger partial charge in [-0.25, -0.2) is 4.98 Å². The van der Waals surface area contributed by atoms with Gasteiger partial charge in [-0.1, -0.05) is 0 Å². The highest BCUT2D eigenvalue weighted by molar-refractivity contribution is 5.91. The van der Waals surface area contributed by atoms with Gasteiger partial charge in [-0.3, -0.25) is 5.10 Å². The van der Waals surface area contributed by atoms with E-state index in [0.717, 1.165) is 16.6 Å². The van der Waals surface area contributed by atoms with Gasteiger partial charge >= 0.3 is 0 Å². The van der Waals surface area contributed by atoms with E-state index < -0.39 is 0 Å². The van der Waals surface area contributed by atoms with Crippen molar-refractivity contribution in [2.75, 3.05) is 21.3 Å². The van der Waals surface area contributed by atoms with Crippen LogP contribution in [0.5, 0.6) is 17.2 Å². The van der Waals surface area contributed by atoms with Crippen LogP contribution in [0.25, 0.3) is 22.3 Å². The number of methoxy groups -OCH3 is 3. The number of fused-ring (bicyclic) bond motifs is 1. The molecule has 3 aromatic rings. The minimum Gasteiger partial charge on any atom is -0.493 e. The molecule has 107 valence electrons. The van der Waals surface area contributed by atoms with Crippen LogP contribution in [-0.2, 0) is 0 Å². The fourth-order valence-corrected chi connectivity index (χ4v) is 2.22. The number of hydrogen-bond acceptors (Lipinski definition) is 5. The van der Waals surface area contributed by atoms with Crippen LogP contribution >= 0.6 is 0 Å². The SMILES string of the molecule is COc1cc(-c2n[nH]c3ncc[c]c23)cc(OC)c1OC. The molecule has 0 saturated carbocycles. The molecule has 0 saturated heterocycles. The minimum atomic E-state index is 0.547. The lowest BCUT2D eigenvalue weighted by Gasteiger charge is -2.13. The molecule has 0 aliphatic rings. The predicted molar refractivity (Wildman–Crippen MR) is 77.8 cm³/mol. The van der Waals surface area contributed by atoms with Gasteiger partial charge in [0.1, 0.15) is 5.69 Å². The number of benzene rings is 1. The first-order chi connectivity index (χ1) is 10.3. The second-order valence-corrected chi connectivity index (χ2v) is 4.30. The number of nitrogens with zero attached hydrogens (tertiary/aromatic N) is 2. The van der Waals surface area contributed by atoms with Crippen LogP contribution < -0.4 is 14.2 Å². The fraction of sp³-hybridized carbons (Fsp3) is 0.200. The zero-order valence-electron chi connectivity index (χ0n) is 11.9. The number of pyridine rings is 1. The Kier molecular flexibility index (Phi) is 3.35. The largest absolute Gasteiger partial charge is 0.493 e. The smallest absolute Gasteiger partial charge is 0.203 e. The second kappa shape index (κ2) is 5.32. The molecule has 3 rings (SSSR count). The fourth-order valence-electron chi connectivity index (χ4n) is 2.22. The summed E-state index contributed by atoms with van der Waals surface area (Å²) in [6, 6.07) is 8.57. The first kappa shape index (κ1) is 13.2. The molecule has 21 heavy (non-hydrogen) atoms. The highest BCUT2D eigenvalue weighted by Crippen LogP contribution is 2.41. The lowest BCUT2D eigenvalue weighted by Crippen LogP contribution is -1.95. The predicted octanol–water partition coefficient (Wildman–Crippen LogP) is 2.45. The van der Waals surface area contributed by atoms with Crippen LogP contribution in [0.2, 0.25) is 0 Å². The zero-order valence-corrected chi connectivity index (χ0v) is 11.9. The Labute approximate surface area is 121 Å². The number of ether oxygens (including phenoxy) is 3. The molecule has 1 radical (unpaired) electrons. The summed E-state index contributed by atoms with van der Waals surface area (Å²) < 4.78 is 16.0. The number of rotatable bonds is 4. The lowest BCUT2D eigenvalue weighted by atomic mass is 10.1. The van der Waals surface area contributed by atoms with E-state index in [2.05, 4.69) is 21.2 Å². The van der Waals surface area contributed by atoms with E-state index in [0.29, 0.717) is 22.9 Å². The highest BCUT2D eigenvalue weighted by atomic mass is 16.5. The number of aromatic amines is 1. The molecule has 0 atom stereocenters. The molecule has 6 nitrogen and oxygen atoms in total. The topological polar surface area (TPSA) is 69.3 Å². The van der Waals surface area contributed by atoms with Gasteiger partial charge in [0.15, 0.2) is 17.1 Å². The maximum Gasteiger partial charge on any atom is 0.203 e. The van der Waals surface area contributed by atoms with Crippen molar-refractivity contribution in [2.45, 2.75) is 0 Å². The summed E-state index contributed by atoms with van der Waals surface area (Å²) >= 11 is 0. The van der Waals surface area contributed by atoms with Crippen molar-refractivity contribution in [2.24, 2.45) is 0 Å². The van der Waals surface area contributed by atoms with Crippen LogP contribution in [0.3, 0.4) is 0 Å². The first-order valence-electron chi connectivity index (χ1n) is 6.29. The van der Waals surface area contributed by atoms with Crippen LogP contribution in [-0.4, -0.2) is 36.5 Å². The highest BCUT2D eigenvalue weighted by Gasteiger charge is 2.17. The molecule has 2 heterocycles. The van der Waals surface area contributed by atoms with Crippen LogP contribution in [0.15, 0.2) is 24.4 Å². The Morgan fingerprint density at radius 3 is 2.38 bits per heavy atom. The Bertz CT molecular complexity index is 758. The minimum absolute atomic E-state index is 0.547. The quantitative estimate of drug-likeness (QED) is 0.797. The molecule has 0 amide bonds. The molecule has 0 bridgehead atoms. The molecule has 0 spiro atoms. The maximum absolute atomic E-state index is 5.36. The van der Waals surface area contributed by atoms with Crippen molar-refractivity contribution in [1.82, 2.24) is 15.2 Å². The van der Waals surface area contributed by atoms with E-state index in [4.69, 9.17) is 14.2 Å². The molecular weight excluding hydrogens is 270 g/mol. The number of nitrogens with one attached hydrogen (secondary N) is 1. The van der Waals surface area contributed by atoms with Gasteiger partial charge < -0.3 is 14.2 Å². The van der Waals surface area contributed by atoms with Gasteiger partial charge in [0, 0.05) is 11.8 Å². The van der Waals surface area contributed by atoms with Gasteiger partial charge in [0.05, 0.1) is 26.7 Å². The van der Waals surface area contributed by atoms with E-state index >= 15 is 0 Å². The molecule has 1 N–H and O–H groups in total. The Morgan fingerprint density at radius 1 is 1.05 bits per heavy atom. The van der Waals surface area contributed by atoms with Crippen LogP contribution in [0.4, 0.5) is 0 Å². The number of H-pyrrole nitrogens is 1. The van der Waals surface area contributed by atoms with E-state index in [1.54, 1.807) is 33.6 Å². The molecule has 1 aromatic carbocycles. The van der Waals surface area contributed by atoms with Gasteiger partial charge in [-0.05, 0) is 24.3 Å². The molecular formula is C15H14N3O3. The summed E-state index contributed by atoms with van der Waals surface area (Å²) in [6.45, 7) is 0. The van der Waals surface area contributed by atoms with Crippen molar-refractivity contribution >= 4 is 11.0 Å². The third kappa shape index (κ3) is 2.14. The van der Waals surface area contributed by atoms with Crippen molar-refractivity contribution < 1.29 is 14.2 Å². The molecule has 6 heteroatoms. The summed E-state index contributed by atoms with van der Waals surface area (Å²) in [6.07, 6.45) is 1.67. The van der Waals surface area contributed by atoms with Gasteiger partial charge in [0.25, 0.3) is 0 Å². The summed E-state index contributed by atoms with van der Waals surface area (Å²) in [5.41, 5.74) is 2.25. The normalized spacial score (nSPS) is 10.6. The van der Waals surface area contributed by atoms with Crippen molar-refractivity contribution in [3.8, 4) is 28.5 Å². The van der Waals surface area contributed by atoms with E-state index in [9.17, 15) is 0 Å². The zero-order chi connectivity index (χ0) is 14.8. The summed E-state index contributed by atoms with van der Waals surface area (Å²) in [5.74, 6) is 1.70. The molecule has 0 unspecified atom stereocenters. The molecule has 0 fully saturated rings. The Morgan fingerprint density at radius 2 is 1.76 bits per heavy atom.